The number of methoxy groups -OCH3 is 1. The summed E-state index contributed by atoms with van der Waals surface area (Å²) in [5, 5.41) is 3.05. The maximum atomic E-state index is 13.1. The highest BCUT2D eigenvalue weighted by molar-refractivity contribution is 5.90. The Kier molecular flexibility index (Phi) is 4.59. The van der Waals surface area contributed by atoms with E-state index in [1.165, 1.54) is 0 Å². The number of carbonyl (C=O) groups is 1. The molecule has 1 atom stereocenters. The fraction of sp³-hybridized carbons (Fsp3) is 0.227. The van der Waals surface area contributed by atoms with Crippen LogP contribution in [-0.4, -0.2) is 29.2 Å². The summed E-state index contributed by atoms with van der Waals surface area (Å²) in [6.07, 6.45) is 2.07. The Morgan fingerprint density at radius 3 is 2.63 bits per heavy atom. The number of hydrogen-bond acceptors (Lipinski definition) is 2. The van der Waals surface area contributed by atoms with Crippen LogP contribution in [0.5, 0.6) is 5.75 Å². The molecule has 1 aliphatic rings. The number of urea groups is 1. The molecule has 1 aromatic heterocycles. The first-order chi connectivity index (χ1) is 13.2. The first kappa shape index (κ1) is 17.2. The number of hydrogen-bond donors (Lipinski definition) is 1. The van der Waals surface area contributed by atoms with Crippen molar-refractivity contribution in [3.63, 3.8) is 0 Å². The predicted molar refractivity (Wildman–Crippen MR) is 106 cm³/mol. The molecule has 2 heterocycles. The van der Waals surface area contributed by atoms with Crippen LogP contribution >= 0.6 is 0 Å². The molecule has 0 spiro atoms. The highest BCUT2D eigenvalue weighted by Crippen LogP contribution is 2.33. The Labute approximate surface area is 159 Å². The van der Waals surface area contributed by atoms with Crippen molar-refractivity contribution in [2.45, 2.75) is 19.5 Å². The Bertz CT molecular complexity index is 946. The van der Waals surface area contributed by atoms with E-state index < -0.39 is 0 Å². The molecule has 5 nitrogen and oxygen atoms in total. The zero-order valence-electron chi connectivity index (χ0n) is 15.6. The lowest BCUT2D eigenvalue weighted by molar-refractivity contribution is 0.182. The van der Waals surface area contributed by atoms with Gasteiger partial charge >= 0.3 is 6.03 Å². The van der Waals surface area contributed by atoms with E-state index in [4.69, 9.17) is 4.74 Å². The van der Waals surface area contributed by atoms with Crippen LogP contribution in [0.2, 0.25) is 0 Å². The number of ether oxygens (including phenoxy) is 1. The van der Waals surface area contributed by atoms with Crippen LogP contribution in [0.3, 0.4) is 0 Å². The largest absolute Gasteiger partial charge is 0.497 e. The summed E-state index contributed by atoms with van der Waals surface area (Å²) in [6, 6.07) is 19.7. The second-order valence-corrected chi connectivity index (χ2v) is 6.80. The van der Waals surface area contributed by atoms with E-state index in [9.17, 15) is 4.79 Å². The van der Waals surface area contributed by atoms with Crippen molar-refractivity contribution in [2.24, 2.45) is 0 Å². The smallest absolute Gasteiger partial charge is 0.322 e. The van der Waals surface area contributed by atoms with Gasteiger partial charge in [0.15, 0.2) is 0 Å². The van der Waals surface area contributed by atoms with Gasteiger partial charge < -0.3 is 19.5 Å². The zero-order valence-corrected chi connectivity index (χ0v) is 15.6. The van der Waals surface area contributed by atoms with Gasteiger partial charge in [-0.2, -0.15) is 0 Å². The number of amides is 2. The third-order valence-electron chi connectivity index (χ3n) is 5.00. The SMILES string of the molecule is COc1ccc([C@@H]2c3cccn3CCN2C(=O)Nc2cccc(C)c2)cc1. The van der Waals surface area contributed by atoms with Gasteiger partial charge in [-0.3, -0.25) is 0 Å². The van der Waals surface area contributed by atoms with Gasteiger partial charge in [0, 0.05) is 30.7 Å². The lowest BCUT2D eigenvalue weighted by atomic mass is 10.00. The van der Waals surface area contributed by atoms with Crippen molar-refractivity contribution in [1.82, 2.24) is 9.47 Å². The maximum Gasteiger partial charge on any atom is 0.322 e. The monoisotopic (exact) mass is 361 g/mol. The molecule has 0 saturated carbocycles. The van der Waals surface area contributed by atoms with Crippen LogP contribution in [0.4, 0.5) is 10.5 Å². The quantitative estimate of drug-likeness (QED) is 0.749. The minimum Gasteiger partial charge on any atom is -0.497 e. The van der Waals surface area contributed by atoms with E-state index in [-0.39, 0.29) is 12.1 Å². The van der Waals surface area contributed by atoms with Crippen LogP contribution in [0.15, 0.2) is 66.9 Å². The van der Waals surface area contributed by atoms with E-state index in [0.29, 0.717) is 6.54 Å². The molecule has 0 bridgehead atoms. The standard InChI is InChI=1S/C22H23N3O2/c1-16-5-3-6-18(15-16)23-22(26)25-14-13-24-12-4-7-20(24)21(25)17-8-10-19(27-2)11-9-17/h3-12,15,21H,13-14H2,1-2H3,(H,23,26)/t21-/m1/s1. The fourth-order valence-electron chi connectivity index (χ4n) is 3.66. The fourth-order valence-corrected chi connectivity index (χ4v) is 3.66. The molecule has 2 amide bonds. The van der Waals surface area contributed by atoms with E-state index >= 15 is 0 Å². The number of carbonyl (C=O) groups excluding carboxylic acids is 1. The Morgan fingerprint density at radius 2 is 1.89 bits per heavy atom. The molecule has 3 aromatic rings. The first-order valence-electron chi connectivity index (χ1n) is 9.09. The van der Waals surface area contributed by atoms with Crippen molar-refractivity contribution in [3.8, 4) is 5.75 Å². The summed E-state index contributed by atoms with van der Waals surface area (Å²) in [5.41, 5.74) is 4.11. The van der Waals surface area contributed by atoms with E-state index in [1.54, 1.807) is 7.11 Å². The van der Waals surface area contributed by atoms with Gasteiger partial charge in [0.1, 0.15) is 5.75 Å². The second-order valence-electron chi connectivity index (χ2n) is 6.80. The third kappa shape index (κ3) is 3.40. The summed E-state index contributed by atoms with van der Waals surface area (Å²) in [6.45, 7) is 3.45. The number of rotatable bonds is 3. The normalized spacial score (nSPS) is 15.9. The summed E-state index contributed by atoms with van der Waals surface area (Å²) >= 11 is 0. The van der Waals surface area contributed by atoms with Gasteiger partial charge in [-0.1, -0.05) is 24.3 Å². The molecule has 4 rings (SSSR count). The van der Waals surface area contributed by atoms with Crippen molar-refractivity contribution in [2.75, 3.05) is 19.0 Å². The molecular formula is C22H23N3O2. The second kappa shape index (κ2) is 7.19. The number of aromatic nitrogens is 1. The zero-order chi connectivity index (χ0) is 18.8. The molecule has 1 N–H and O–H groups in total. The van der Waals surface area contributed by atoms with E-state index in [0.717, 1.165) is 34.8 Å². The highest BCUT2D eigenvalue weighted by atomic mass is 16.5. The number of aryl methyl sites for hydroxylation is 1. The molecule has 0 unspecified atom stereocenters. The average Bonchev–Trinajstić information content (AvgIpc) is 3.16. The summed E-state index contributed by atoms with van der Waals surface area (Å²) in [7, 11) is 1.66. The molecule has 5 heteroatoms. The summed E-state index contributed by atoms with van der Waals surface area (Å²) in [4.78, 5) is 15.0. The molecule has 0 saturated heterocycles. The van der Waals surface area contributed by atoms with Crippen LogP contribution in [0.1, 0.15) is 22.9 Å². The third-order valence-corrected chi connectivity index (χ3v) is 5.00. The van der Waals surface area contributed by atoms with Crippen molar-refractivity contribution in [3.05, 3.63) is 83.7 Å². The molecule has 2 aromatic carbocycles. The lowest BCUT2D eigenvalue weighted by Gasteiger charge is -2.37. The van der Waals surface area contributed by atoms with Gasteiger partial charge in [-0.15, -0.1) is 0 Å². The Morgan fingerprint density at radius 1 is 1.07 bits per heavy atom. The van der Waals surface area contributed by atoms with Gasteiger partial charge in [0.05, 0.1) is 13.2 Å². The topological polar surface area (TPSA) is 46.5 Å². The van der Waals surface area contributed by atoms with Gasteiger partial charge in [0.2, 0.25) is 0 Å². The highest BCUT2D eigenvalue weighted by Gasteiger charge is 2.32. The van der Waals surface area contributed by atoms with Crippen molar-refractivity contribution < 1.29 is 9.53 Å². The van der Waals surface area contributed by atoms with Gasteiger partial charge in [-0.05, 0) is 54.4 Å². The van der Waals surface area contributed by atoms with Crippen molar-refractivity contribution >= 4 is 11.7 Å². The van der Waals surface area contributed by atoms with Gasteiger partial charge in [-0.25, -0.2) is 4.79 Å². The predicted octanol–water partition coefficient (Wildman–Crippen LogP) is 4.44. The van der Waals surface area contributed by atoms with Gasteiger partial charge in [0.25, 0.3) is 0 Å². The molecular weight excluding hydrogens is 338 g/mol. The number of nitrogens with one attached hydrogen (secondary N) is 1. The van der Waals surface area contributed by atoms with Crippen LogP contribution in [0.25, 0.3) is 0 Å². The van der Waals surface area contributed by atoms with E-state index in [2.05, 4.69) is 22.1 Å². The van der Waals surface area contributed by atoms with E-state index in [1.807, 2.05) is 66.4 Å². The summed E-state index contributed by atoms with van der Waals surface area (Å²) in [5.74, 6) is 0.806. The van der Waals surface area contributed by atoms with Crippen molar-refractivity contribution in [1.29, 1.82) is 0 Å². The number of benzene rings is 2. The van der Waals surface area contributed by atoms with Crippen LogP contribution in [-0.2, 0) is 6.54 Å². The number of anilines is 1. The Balaban J connectivity index is 1.66. The molecule has 138 valence electrons. The Hall–Kier alpha value is -3.21. The minimum atomic E-state index is -0.135. The molecule has 0 aliphatic carbocycles. The molecule has 0 radical (unpaired) electrons. The lowest BCUT2D eigenvalue weighted by Crippen LogP contribution is -2.44. The van der Waals surface area contributed by atoms with Crippen LogP contribution < -0.4 is 10.1 Å². The summed E-state index contributed by atoms with van der Waals surface area (Å²) < 4.78 is 7.49. The van der Waals surface area contributed by atoms with Crippen LogP contribution in [0, 0.1) is 6.92 Å². The number of nitrogens with zero attached hydrogens (tertiary/aromatic N) is 2. The first-order valence-corrected chi connectivity index (χ1v) is 9.09. The number of fused-ring (bicyclic) bond motifs is 1. The molecule has 27 heavy (non-hydrogen) atoms. The maximum absolute atomic E-state index is 13.1. The molecule has 0 fully saturated rings. The average molecular weight is 361 g/mol. The molecule has 1 aliphatic heterocycles. The minimum absolute atomic E-state index is 0.0890.